The molecule has 2 aliphatic heterocycles. The first-order chi connectivity index (χ1) is 19.3. The van der Waals surface area contributed by atoms with E-state index in [0.29, 0.717) is 18.1 Å². The van der Waals surface area contributed by atoms with Crippen molar-refractivity contribution in [2.24, 2.45) is 0 Å². The number of piperidine rings is 1. The van der Waals surface area contributed by atoms with Crippen molar-refractivity contribution in [2.45, 2.75) is 58.7 Å². The second kappa shape index (κ2) is 12.2. The minimum atomic E-state index is -0.496. The second-order valence-corrected chi connectivity index (χ2v) is 10.7. The number of pyridine rings is 1. The summed E-state index contributed by atoms with van der Waals surface area (Å²) >= 11 is 0. The maximum Gasteiger partial charge on any atom is 0.257 e. The van der Waals surface area contributed by atoms with Crippen molar-refractivity contribution in [2.75, 3.05) is 38.1 Å². The van der Waals surface area contributed by atoms with Gasteiger partial charge < -0.3 is 24.2 Å². The summed E-state index contributed by atoms with van der Waals surface area (Å²) in [6.45, 7) is 9.56. The van der Waals surface area contributed by atoms with E-state index in [2.05, 4.69) is 31.8 Å². The van der Waals surface area contributed by atoms with Gasteiger partial charge in [-0.15, -0.1) is 0 Å². The molecular formula is C30H37FN6O3. The van der Waals surface area contributed by atoms with Crippen molar-refractivity contribution >= 4 is 11.7 Å². The maximum absolute atomic E-state index is 14.2. The molecular weight excluding hydrogens is 511 g/mol. The van der Waals surface area contributed by atoms with E-state index in [0.717, 1.165) is 56.9 Å². The number of ether oxygens (including phenoxy) is 2. The Morgan fingerprint density at radius 2 is 1.93 bits per heavy atom. The number of amides is 1. The van der Waals surface area contributed by atoms with Crippen LogP contribution in [0.2, 0.25) is 0 Å². The summed E-state index contributed by atoms with van der Waals surface area (Å²) in [5.74, 6) is 1.47. The highest BCUT2D eigenvalue weighted by atomic mass is 19.1. The lowest BCUT2D eigenvalue weighted by Gasteiger charge is -2.34. The van der Waals surface area contributed by atoms with E-state index >= 15 is 0 Å². The van der Waals surface area contributed by atoms with Crippen molar-refractivity contribution in [3.63, 3.8) is 0 Å². The van der Waals surface area contributed by atoms with E-state index in [1.54, 1.807) is 11.1 Å². The van der Waals surface area contributed by atoms with Crippen LogP contribution in [0.15, 0.2) is 43.0 Å². The first-order valence-corrected chi connectivity index (χ1v) is 14.0. The molecule has 1 saturated heterocycles. The van der Waals surface area contributed by atoms with Gasteiger partial charge in [0.05, 0.1) is 11.8 Å². The summed E-state index contributed by atoms with van der Waals surface area (Å²) in [6, 6.07) is 5.94. The van der Waals surface area contributed by atoms with Gasteiger partial charge >= 0.3 is 0 Å². The third kappa shape index (κ3) is 6.01. The molecule has 9 nitrogen and oxygen atoms in total. The van der Waals surface area contributed by atoms with Gasteiger partial charge in [-0.3, -0.25) is 9.78 Å². The Hall–Kier alpha value is -3.79. The molecule has 4 heterocycles. The van der Waals surface area contributed by atoms with Gasteiger partial charge in [0.1, 0.15) is 29.7 Å². The van der Waals surface area contributed by atoms with Gasteiger partial charge in [-0.1, -0.05) is 0 Å². The van der Waals surface area contributed by atoms with Gasteiger partial charge in [-0.2, -0.15) is 0 Å². The SMILES string of the molecule is CCN(C(=O)c1cc(F)ccc1Oc1cncnc1N1CCC(Oc2ccnc3c2CN(C)CC3)CC1)C(C)C. The van der Waals surface area contributed by atoms with Crippen LogP contribution in [-0.4, -0.2) is 76.0 Å². The smallest absolute Gasteiger partial charge is 0.257 e. The predicted molar refractivity (Wildman–Crippen MR) is 150 cm³/mol. The number of hydrogen-bond donors (Lipinski definition) is 0. The fourth-order valence-corrected chi connectivity index (χ4v) is 5.42. The van der Waals surface area contributed by atoms with Crippen LogP contribution in [0, 0.1) is 5.82 Å². The lowest BCUT2D eigenvalue weighted by Crippen LogP contribution is -2.39. The Balaban J connectivity index is 1.30. The number of carbonyl (C=O) groups excluding carboxylic acids is 1. The maximum atomic E-state index is 14.2. The van der Waals surface area contributed by atoms with Crippen LogP contribution in [0.3, 0.4) is 0 Å². The molecule has 0 unspecified atom stereocenters. The number of halogens is 1. The third-order valence-corrected chi connectivity index (χ3v) is 7.57. The molecule has 0 radical (unpaired) electrons. The molecule has 1 amide bonds. The van der Waals surface area contributed by atoms with Crippen LogP contribution >= 0.6 is 0 Å². The molecule has 3 aromatic rings. The predicted octanol–water partition coefficient (Wildman–Crippen LogP) is 4.71. The van der Waals surface area contributed by atoms with E-state index in [1.165, 1.54) is 30.1 Å². The second-order valence-electron chi connectivity index (χ2n) is 10.7. The molecule has 5 rings (SSSR count). The van der Waals surface area contributed by atoms with Gasteiger partial charge in [-0.25, -0.2) is 14.4 Å². The number of fused-ring (bicyclic) bond motifs is 1. The zero-order valence-electron chi connectivity index (χ0n) is 23.6. The molecule has 0 saturated carbocycles. The fourth-order valence-electron chi connectivity index (χ4n) is 5.42. The van der Waals surface area contributed by atoms with Crippen LogP contribution in [0.4, 0.5) is 10.2 Å². The van der Waals surface area contributed by atoms with Gasteiger partial charge in [0, 0.05) is 75.5 Å². The lowest BCUT2D eigenvalue weighted by atomic mass is 10.0. The Bertz CT molecular complexity index is 1340. The molecule has 0 spiro atoms. The van der Waals surface area contributed by atoms with Crippen LogP contribution in [0.25, 0.3) is 0 Å². The lowest BCUT2D eigenvalue weighted by molar-refractivity contribution is 0.0713. The molecule has 1 aromatic carbocycles. The number of benzene rings is 1. The van der Waals surface area contributed by atoms with Crippen LogP contribution in [0.5, 0.6) is 17.2 Å². The number of likely N-dealkylation sites (N-methyl/N-ethyl adjacent to an activating group) is 1. The Kier molecular flexibility index (Phi) is 8.44. The molecule has 2 aromatic heterocycles. The summed E-state index contributed by atoms with van der Waals surface area (Å²) in [6.07, 6.45) is 7.56. The average molecular weight is 549 g/mol. The highest BCUT2D eigenvalue weighted by Crippen LogP contribution is 2.35. The molecule has 0 atom stereocenters. The molecule has 2 aliphatic rings. The number of aromatic nitrogens is 3. The van der Waals surface area contributed by atoms with Crippen molar-refractivity contribution in [3.05, 3.63) is 65.6 Å². The minimum Gasteiger partial charge on any atom is -0.490 e. The summed E-state index contributed by atoms with van der Waals surface area (Å²) in [5, 5.41) is 0. The topological polar surface area (TPSA) is 83.9 Å². The molecule has 0 bridgehead atoms. The number of nitrogens with zero attached hydrogens (tertiary/aromatic N) is 6. The van der Waals surface area contributed by atoms with E-state index in [1.807, 2.05) is 33.0 Å². The van der Waals surface area contributed by atoms with Crippen molar-refractivity contribution in [1.82, 2.24) is 24.8 Å². The summed E-state index contributed by atoms with van der Waals surface area (Å²) < 4.78 is 26.9. The van der Waals surface area contributed by atoms with Crippen molar-refractivity contribution < 1.29 is 18.7 Å². The Labute approximate surface area is 235 Å². The number of carbonyl (C=O) groups is 1. The van der Waals surface area contributed by atoms with Gasteiger partial charge in [0.25, 0.3) is 5.91 Å². The van der Waals surface area contributed by atoms with E-state index in [9.17, 15) is 9.18 Å². The highest BCUT2D eigenvalue weighted by Gasteiger charge is 2.27. The molecule has 0 aliphatic carbocycles. The molecule has 1 fully saturated rings. The zero-order valence-corrected chi connectivity index (χ0v) is 23.6. The van der Waals surface area contributed by atoms with E-state index in [4.69, 9.17) is 9.47 Å². The monoisotopic (exact) mass is 548 g/mol. The number of anilines is 1. The van der Waals surface area contributed by atoms with E-state index < -0.39 is 5.82 Å². The molecule has 10 heteroatoms. The summed E-state index contributed by atoms with van der Waals surface area (Å²) in [5.41, 5.74) is 2.49. The van der Waals surface area contributed by atoms with Crippen LogP contribution in [-0.2, 0) is 13.0 Å². The standard InChI is InChI=1S/C30H37FN6O3/c1-5-37(20(2)3)30(38)23-16-21(31)6-7-26(23)40-28-17-32-19-34-29(28)36-14-9-22(10-15-36)39-27-8-12-33-25-11-13-35(4)18-24(25)27/h6-8,12,16-17,19-20,22H,5,9-11,13-15,18H2,1-4H3. The number of hydrogen-bond acceptors (Lipinski definition) is 8. The first-order valence-electron chi connectivity index (χ1n) is 14.0. The Morgan fingerprint density at radius 3 is 2.67 bits per heavy atom. The van der Waals surface area contributed by atoms with Crippen molar-refractivity contribution in [1.29, 1.82) is 0 Å². The number of rotatable bonds is 8. The first kappa shape index (κ1) is 27.8. The molecule has 40 heavy (non-hydrogen) atoms. The Morgan fingerprint density at radius 1 is 1.12 bits per heavy atom. The van der Waals surface area contributed by atoms with Gasteiger partial charge in [0.15, 0.2) is 11.6 Å². The minimum absolute atomic E-state index is 0.0358. The third-order valence-electron chi connectivity index (χ3n) is 7.57. The average Bonchev–Trinajstić information content (AvgIpc) is 2.95. The summed E-state index contributed by atoms with van der Waals surface area (Å²) in [7, 11) is 2.12. The zero-order chi connectivity index (χ0) is 28.2. The van der Waals surface area contributed by atoms with Crippen molar-refractivity contribution in [3.8, 4) is 17.2 Å². The van der Waals surface area contributed by atoms with E-state index in [-0.39, 0.29) is 29.4 Å². The van der Waals surface area contributed by atoms with Crippen LogP contribution in [0.1, 0.15) is 55.2 Å². The molecule has 212 valence electrons. The molecule has 0 N–H and O–H groups in total. The largest absolute Gasteiger partial charge is 0.490 e. The fraction of sp³-hybridized carbons (Fsp3) is 0.467. The van der Waals surface area contributed by atoms with Crippen LogP contribution < -0.4 is 14.4 Å². The quantitative estimate of drug-likeness (QED) is 0.400. The summed E-state index contributed by atoms with van der Waals surface area (Å²) in [4.78, 5) is 32.6. The van der Waals surface area contributed by atoms with Gasteiger partial charge in [-0.05, 0) is 52.1 Å². The normalized spacial score (nSPS) is 16.1. The highest BCUT2D eigenvalue weighted by molar-refractivity contribution is 5.97. The van der Waals surface area contributed by atoms with Gasteiger partial charge in [0.2, 0.25) is 0 Å².